The number of piperidine rings is 1. The fourth-order valence-electron chi connectivity index (χ4n) is 7.68. The number of nitrogens with one attached hydrogen (secondary N) is 1. The van der Waals surface area contributed by atoms with Gasteiger partial charge in [0.2, 0.25) is 5.91 Å². The highest BCUT2D eigenvalue weighted by Gasteiger charge is 2.56. The van der Waals surface area contributed by atoms with E-state index in [4.69, 9.17) is 16.3 Å². The van der Waals surface area contributed by atoms with Gasteiger partial charge in [0.1, 0.15) is 0 Å². The molecule has 38 heavy (non-hydrogen) atoms. The van der Waals surface area contributed by atoms with Gasteiger partial charge in [0, 0.05) is 42.5 Å². The van der Waals surface area contributed by atoms with Crippen molar-refractivity contribution in [1.29, 1.82) is 0 Å². The summed E-state index contributed by atoms with van der Waals surface area (Å²) in [4.78, 5) is 36.8. The van der Waals surface area contributed by atoms with Gasteiger partial charge in [0.05, 0.1) is 25.3 Å². The number of nitrogens with zero attached hydrogens (tertiary/aromatic N) is 3. The van der Waals surface area contributed by atoms with E-state index >= 15 is 0 Å². The van der Waals surface area contributed by atoms with E-state index in [1.54, 1.807) is 4.90 Å². The molecule has 2 aromatic rings. The van der Waals surface area contributed by atoms with Gasteiger partial charge in [0.15, 0.2) is 4.47 Å². The summed E-state index contributed by atoms with van der Waals surface area (Å²) in [5.74, 6) is 0.985. The lowest BCUT2D eigenvalue weighted by Crippen LogP contribution is -2.58. The molecule has 0 radical (unpaired) electrons. The molecule has 9 heteroatoms. The average Bonchev–Trinajstić information content (AvgIpc) is 3.56. The van der Waals surface area contributed by atoms with Crippen LogP contribution in [-0.4, -0.2) is 66.1 Å². The number of hydrogen-bond donors (Lipinski definition) is 1. The number of ether oxygens (including phenoxy) is 1. The Morgan fingerprint density at radius 2 is 1.95 bits per heavy atom. The average molecular weight is 557 g/mol. The van der Waals surface area contributed by atoms with Crippen LogP contribution in [0.15, 0.2) is 30.3 Å². The standard InChI is InChI=1S/C29H37ClN4O3S/c1-37-28(36)33-16-23-25(38-27(30)32-23)29(18-33)17-31-15-22(29)26(35)34-13-12-21(19-8-4-2-5-9-19)14-24(34)20-10-6-3-7-11-20/h2,4-5,8-9,20-22,24,31H,3,6-7,10-18H2,1H3/t21-,22+,24+,29+/m1/s1. The summed E-state index contributed by atoms with van der Waals surface area (Å²) < 4.78 is 5.55. The lowest BCUT2D eigenvalue weighted by molar-refractivity contribution is -0.143. The molecule has 3 aliphatic heterocycles. The summed E-state index contributed by atoms with van der Waals surface area (Å²) in [5.41, 5.74) is 1.64. The summed E-state index contributed by atoms with van der Waals surface area (Å²) in [6, 6.07) is 11.1. The van der Waals surface area contributed by atoms with Gasteiger partial charge in [-0.05, 0) is 43.1 Å². The molecular weight excluding hydrogens is 520 g/mol. The first-order valence-electron chi connectivity index (χ1n) is 14.0. The topological polar surface area (TPSA) is 74.8 Å². The zero-order chi connectivity index (χ0) is 26.3. The number of benzene rings is 1. The van der Waals surface area contributed by atoms with Crippen molar-refractivity contribution < 1.29 is 14.3 Å². The number of rotatable bonds is 3. The summed E-state index contributed by atoms with van der Waals surface area (Å²) in [6.07, 6.45) is 7.84. The molecule has 2 amide bonds. The van der Waals surface area contributed by atoms with Crippen molar-refractivity contribution in [3.63, 3.8) is 0 Å². The summed E-state index contributed by atoms with van der Waals surface area (Å²) in [6.45, 7) is 2.79. The van der Waals surface area contributed by atoms with Crippen molar-refractivity contribution >= 4 is 34.9 Å². The molecule has 0 bridgehead atoms. The third-order valence-corrected chi connectivity index (χ3v) is 10.9. The minimum absolute atomic E-state index is 0.222. The molecule has 2 saturated heterocycles. The summed E-state index contributed by atoms with van der Waals surface area (Å²) in [7, 11) is 1.40. The van der Waals surface area contributed by atoms with Gasteiger partial charge in [-0.3, -0.25) is 4.79 Å². The van der Waals surface area contributed by atoms with Gasteiger partial charge in [-0.15, -0.1) is 11.3 Å². The van der Waals surface area contributed by atoms with Gasteiger partial charge < -0.3 is 19.9 Å². The van der Waals surface area contributed by atoms with E-state index in [2.05, 4.69) is 45.5 Å². The van der Waals surface area contributed by atoms with Crippen molar-refractivity contribution in [1.82, 2.24) is 20.1 Å². The molecule has 7 nitrogen and oxygen atoms in total. The van der Waals surface area contributed by atoms with Crippen LogP contribution in [0.2, 0.25) is 4.47 Å². The number of halogens is 1. The molecule has 1 aromatic carbocycles. The predicted molar refractivity (Wildman–Crippen MR) is 148 cm³/mol. The molecule has 1 spiro atoms. The maximum absolute atomic E-state index is 14.6. The van der Waals surface area contributed by atoms with Gasteiger partial charge >= 0.3 is 6.09 Å². The molecule has 0 unspecified atom stereocenters. The number of fused-ring (bicyclic) bond motifs is 2. The van der Waals surface area contributed by atoms with Crippen molar-refractivity contribution in [3.05, 3.63) is 50.9 Å². The van der Waals surface area contributed by atoms with E-state index in [0.29, 0.717) is 42.5 Å². The molecule has 1 saturated carbocycles. The quantitative estimate of drug-likeness (QED) is 0.563. The Kier molecular flexibility index (Phi) is 7.40. The molecule has 1 N–H and O–H groups in total. The highest BCUT2D eigenvalue weighted by molar-refractivity contribution is 7.16. The minimum atomic E-state index is -0.545. The third-order valence-electron chi connectivity index (χ3n) is 9.52. The molecule has 1 aromatic heterocycles. The van der Waals surface area contributed by atoms with E-state index < -0.39 is 5.41 Å². The van der Waals surface area contributed by atoms with Crippen molar-refractivity contribution in [2.75, 3.05) is 33.3 Å². The lowest BCUT2D eigenvalue weighted by Gasteiger charge is -2.48. The third kappa shape index (κ3) is 4.62. The van der Waals surface area contributed by atoms with Gasteiger partial charge in [-0.25, -0.2) is 9.78 Å². The highest BCUT2D eigenvalue weighted by atomic mass is 35.5. The number of likely N-dealkylation sites (tertiary alicyclic amines) is 1. The Morgan fingerprint density at radius 3 is 2.71 bits per heavy atom. The number of amides is 2. The van der Waals surface area contributed by atoms with Crippen LogP contribution in [-0.2, 0) is 21.5 Å². The highest BCUT2D eigenvalue weighted by Crippen LogP contribution is 2.48. The first-order valence-corrected chi connectivity index (χ1v) is 15.2. The smallest absolute Gasteiger partial charge is 0.409 e. The Morgan fingerprint density at radius 1 is 1.16 bits per heavy atom. The maximum Gasteiger partial charge on any atom is 0.409 e. The number of aromatic nitrogens is 1. The second-order valence-electron chi connectivity index (χ2n) is 11.5. The Bertz CT molecular complexity index is 1170. The molecule has 204 valence electrons. The Hall–Kier alpha value is -2.16. The van der Waals surface area contributed by atoms with Crippen molar-refractivity contribution in [2.24, 2.45) is 11.8 Å². The van der Waals surface area contributed by atoms with E-state index in [0.717, 1.165) is 30.0 Å². The van der Waals surface area contributed by atoms with Crippen LogP contribution in [0.25, 0.3) is 0 Å². The Labute approximate surface area is 233 Å². The fourth-order valence-corrected chi connectivity index (χ4v) is 9.05. The zero-order valence-electron chi connectivity index (χ0n) is 22.0. The molecule has 6 rings (SSSR count). The van der Waals surface area contributed by atoms with E-state index in [1.165, 1.54) is 56.1 Å². The number of thiazole rings is 1. The van der Waals surface area contributed by atoms with Crippen LogP contribution in [0.4, 0.5) is 4.79 Å². The molecule has 3 fully saturated rings. The van der Waals surface area contributed by atoms with E-state index in [1.807, 2.05) is 0 Å². The molecule has 4 heterocycles. The summed E-state index contributed by atoms with van der Waals surface area (Å²) in [5, 5.41) is 3.52. The van der Waals surface area contributed by atoms with Crippen LogP contribution < -0.4 is 5.32 Å². The fraction of sp³-hybridized carbons (Fsp3) is 0.621. The number of carbonyl (C=O) groups is 2. The van der Waals surface area contributed by atoms with Gasteiger partial charge in [0.25, 0.3) is 0 Å². The van der Waals surface area contributed by atoms with E-state index in [-0.39, 0.29) is 24.0 Å². The summed E-state index contributed by atoms with van der Waals surface area (Å²) >= 11 is 7.87. The minimum Gasteiger partial charge on any atom is -0.453 e. The predicted octanol–water partition coefficient (Wildman–Crippen LogP) is 5.19. The monoisotopic (exact) mass is 556 g/mol. The molecule has 4 atom stereocenters. The molecular formula is C29H37ClN4O3S. The van der Waals surface area contributed by atoms with Gasteiger partial charge in [-0.2, -0.15) is 0 Å². The van der Waals surface area contributed by atoms with Gasteiger partial charge in [-0.1, -0.05) is 61.2 Å². The number of methoxy groups -OCH3 is 1. The Balaban J connectivity index is 1.32. The van der Waals surface area contributed by atoms with Crippen LogP contribution in [0.3, 0.4) is 0 Å². The van der Waals surface area contributed by atoms with Crippen molar-refractivity contribution in [3.8, 4) is 0 Å². The number of hydrogen-bond acceptors (Lipinski definition) is 6. The second kappa shape index (κ2) is 10.8. The maximum atomic E-state index is 14.6. The van der Waals surface area contributed by atoms with Crippen LogP contribution in [0.5, 0.6) is 0 Å². The zero-order valence-corrected chi connectivity index (χ0v) is 23.6. The second-order valence-corrected chi connectivity index (χ2v) is 13.1. The molecule has 4 aliphatic rings. The number of carbonyl (C=O) groups excluding carboxylic acids is 2. The van der Waals surface area contributed by atoms with Crippen LogP contribution in [0.1, 0.15) is 67.0 Å². The molecule has 1 aliphatic carbocycles. The first-order chi connectivity index (χ1) is 18.5. The normalized spacial score (nSPS) is 29.9. The first kappa shape index (κ1) is 26.1. The SMILES string of the molecule is COC(=O)N1Cc2nc(Cl)sc2[C@@]2(CNC[C@H]2C(=O)N2CC[C@@H](c3ccccc3)C[C@H]2C2CCCCC2)C1. The van der Waals surface area contributed by atoms with Crippen LogP contribution in [0, 0.1) is 11.8 Å². The van der Waals surface area contributed by atoms with Crippen molar-refractivity contribution in [2.45, 2.75) is 68.9 Å². The van der Waals surface area contributed by atoms with Crippen LogP contribution >= 0.6 is 22.9 Å². The largest absolute Gasteiger partial charge is 0.453 e. The lowest BCUT2D eigenvalue weighted by atomic mass is 9.71. The van der Waals surface area contributed by atoms with E-state index in [9.17, 15) is 9.59 Å².